The monoisotopic (exact) mass is 183 g/mol. The highest BCUT2D eigenvalue weighted by molar-refractivity contribution is 7.80. The van der Waals surface area contributed by atoms with Gasteiger partial charge in [-0.25, -0.2) is 0 Å². The molecule has 0 spiro atoms. The minimum absolute atomic E-state index is 0.790. The van der Waals surface area contributed by atoms with Crippen molar-refractivity contribution in [3.63, 3.8) is 0 Å². The van der Waals surface area contributed by atoms with E-state index in [0.717, 1.165) is 5.56 Å². The van der Waals surface area contributed by atoms with Gasteiger partial charge >= 0.3 is 0 Å². The highest BCUT2D eigenvalue weighted by Gasteiger charge is 2.20. The Morgan fingerprint density at radius 1 is 1.25 bits per heavy atom. The molecule has 3 heteroatoms. The first-order valence-electron chi connectivity index (χ1n) is 3.70. The minimum Gasteiger partial charge on any atom is -0.772 e. The predicted octanol–water partition coefficient (Wildman–Crippen LogP) is 1.80. The van der Waals surface area contributed by atoms with Gasteiger partial charge in [-0.15, -0.1) is 0 Å². The van der Waals surface area contributed by atoms with E-state index in [0.29, 0.717) is 0 Å². The molecule has 0 aliphatic rings. The summed E-state index contributed by atoms with van der Waals surface area (Å²) in [5, 5.41) is 0. The van der Waals surface area contributed by atoms with E-state index in [9.17, 15) is 8.76 Å². The maximum absolute atomic E-state index is 10.8. The third kappa shape index (κ3) is 1.73. The Morgan fingerprint density at radius 3 is 2.17 bits per heavy atom. The molecule has 1 rings (SSSR count). The molecule has 0 amide bonds. The zero-order valence-corrected chi connectivity index (χ0v) is 7.93. The van der Waals surface area contributed by atoms with Crippen LogP contribution in [0.1, 0.15) is 19.4 Å². The van der Waals surface area contributed by atoms with E-state index < -0.39 is 15.8 Å². The van der Waals surface area contributed by atoms with Crippen molar-refractivity contribution in [2.75, 3.05) is 0 Å². The van der Waals surface area contributed by atoms with Gasteiger partial charge in [0.2, 0.25) is 0 Å². The molecule has 66 valence electrons. The van der Waals surface area contributed by atoms with E-state index in [-0.39, 0.29) is 0 Å². The van der Waals surface area contributed by atoms with Crippen LogP contribution in [-0.2, 0) is 15.8 Å². The van der Waals surface area contributed by atoms with Crippen LogP contribution in [0.3, 0.4) is 0 Å². The molecule has 0 aromatic heterocycles. The summed E-state index contributed by atoms with van der Waals surface area (Å²) in [5.41, 5.74) is 0.818. The van der Waals surface area contributed by atoms with Gasteiger partial charge in [-0.05, 0) is 30.5 Å². The average Bonchev–Trinajstić information content (AvgIpc) is 2.06. The van der Waals surface area contributed by atoms with Crippen LogP contribution in [0.2, 0.25) is 0 Å². The summed E-state index contributed by atoms with van der Waals surface area (Å²) in [6, 6.07) is 9.17. The molecule has 1 unspecified atom stereocenters. The van der Waals surface area contributed by atoms with E-state index in [1.54, 1.807) is 13.8 Å². The van der Waals surface area contributed by atoms with Gasteiger partial charge in [-0.2, -0.15) is 0 Å². The van der Waals surface area contributed by atoms with Gasteiger partial charge in [-0.3, -0.25) is 4.21 Å². The predicted molar refractivity (Wildman–Crippen MR) is 48.4 cm³/mol. The number of benzene rings is 1. The summed E-state index contributed by atoms with van der Waals surface area (Å²) in [6.07, 6.45) is 0. The van der Waals surface area contributed by atoms with Crippen molar-refractivity contribution in [2.24, 2.45) is 0 Å². The van der Waals surface area contributed by atoms with Crippen molar-refractivity contribution in [2.45, 2.75) is 18.6 Å². The average molecular weight is 183 g/mol. The lowest BCUT2D eigenvalue weighted by atomic mass is 10.0. The zero-order chi connectivity index (χ0) is 9.19. The number of rotatable bonds is 2. The fraction of sp³-hybridized carbons (Fsp3) is 0.333. The molecule has 0 heterocycles. The standard InChI is InChI=1S/C9H12O2S/c1-9(2,12(10)11)8-6-4-3-5-7-8/h3-7H,1-2H3,(H,10,11)/p-1. The second-order valence-electron chi connectivity index (χ2n) is 3.11. The second-order valence-corrected chi connectivity index (χ2v) is 4.60. The summed E-state index contributed by atoms with van der Waals surface area (Å²) in [4.78, 5) is 0. The van der Waals surface area contributed by atoms with Crippen LogP contribution in [0.5, 0.6) is 0 Å². The van der Waals surface area contributed by atoms with Gasteiger partial charge in [0.1, 0.15) is 0 Å². The van der Waals surface area contributed by atoms with Gasteiger partial charge in [0.05, 0.1) is 4.75 Å². The molecular formula is C9H11O2S-. The molecule has 0 N–H and O–H groups in total. The summed E-state index contributed by atoms with van der Waals surface area (Å²) in [6.45, 7) is 3.37. The molecule has 2 nitrogen and oxygen atoms in total. The molecule has 0 saturated carbocycles. The maximum Gasteiger partial charge on any atom is 0.0519 e. The molecule has 0 saturated heterocycles. The lowest BCUT2D eigenvalue weighted by Gasteiger charge is -2.27. The summed E-state index contributed by atoms with van der Waals surface area (Å²) in [5.74, 6) is 0. The smallest absolute Gasteiger partial charge is 0.0519 e. The van der Waals surface area contributed by atoms with E-state index >= 15 is 0 Å². The maximum atomic E-state index is 10.8. The third-order valence-electron chi connectivity index (χ3n) is 1.89. The van der Waals surface area contributed by atoms with Crippen LogP contribution in [0, 0.1) is 0 Å². The highest BCUT2D eigenvalue weighted by atomic mass is 32.2. The minimum atomic E-state index is -2.08. The third-order valence-corrected chi connectivity index (χ3v) is 2.95. The molecule has 0 aliphatic heterocycles. The van der Waals surface area contributed by atoms with Crippen molar-refractivity contribution in [1.82, 2.24) is 0 Å². The molecule has 0 radical (unpaired) electrons. The first-order chi connectivity index (χ1) is 5.55. The van der Waals surface area contributed by atoms with Crippen LogP contribution in [0.4, 0.5) is 0 Å². The first-order valence-corrected chi connectivity index (χ1v) is 4.77. The molecule has 0 bridgehead atoms. The van der Waals surface area contributed by atoms with Crippen LogP contribution < -0.4 is 0 Å². The van der Waals surface area contributed by atoms with E-state index in [4.69, 9.17) is 0 Å². The van der Waals surface area contributed by atoms with Gasteiger partial charge in [0, 0.05) is 0 Å². The molecular weight excluding hydrogens is 172 g/mol. The normalized spacial score (nSPS) is 14.2. The highest BCUT2D eigenvalue weighted by Crippen LogP contribution is 2.25. The first kappa shape index (κ1) is 9.42. The quantitative estimate of drug-likeness (QED) is 0.656. The molecule has 12 heavy (non-hydrogen) atoms. The van der Waals surface area contributed by atoms with Gasteiger partial charge in [0.15, 0.2) is 0 Å². The summed E-state index contributed by atoms with van der Waals surface area (Å²) in [7, 11) is 0. The fourth-order valence-electron chi connectivity index (χ4n) is 0.936. The Morgan fingerprint density at radius 2 is 1.75 bits per heavy atom. The second kappa shape index (κ2) is 3.37. The lowest BCUT2D eigenvalue weighted by Crippen LogP contribution is -2.23. The molecule has 1 aromatic rings. The van der Waals surface area contributed by atoms with E-state index in [1.165, 1.54) is 0 Å². The van der Waals surface area contributed by atoms with Crippen molar-refractivity contribution < 1.29 is 8.76 Å². The van der Waals surface area contributed by atoms with Gasteiger partial charge in [-0.1, -0.05) is 30.3 Å². The zero-order valence-electron chi connectivity index (χ0n) is 7.11. The molecule has 1 atom stereocenters. The van der Waals surface area contributed by atoms with E-state index in [2.05, 4.69) is 0 Å². The Balaban J connectivity index is 3.06. The van der Waals surface area contributed by atoms with Crippen LogP contribution in [0.15, 0.2) is 30.3 Å². The van der Waals surface area contributed by atoms with E-state index in [1.807, 2.05) is 30.3 Å². The van der Waals surface area contributed by atoms with Crippen molar-refractivity contribution in [3.8, 4) is 0 Å². The Labute approximate surface area is 74.9 Å². The van der Waals surface area contributed by atoms with Crippen LogP contribution >= 0.6 is 0 Å². The number of hydrogen-bond donors (Lipinski definition) is 0. The molecule has 0 fully saturated rings. The fourth-order valence-corrected chi connectivity index (χ4v) is 1.26. The largest absolute Gasteiger partial charge is 0.772 e. The van der Waals surface area contributed by atoms with Crippen molar-refractivity contribution in [1.29, 1.82) is 0 Å². The Bertz CT molecular complexity index is 280. The van der Waals surface area contributed by atoms with Crippen LogP contribution in [-0.4, -0.2) is 8.76 Å². The lowest BCUT2D eigenvalue weighted by molar-refractivity contribution is 0.500. The van der Waals surface area contributed by atoms with Gasteiger partial charge < -0.3 is 4.55 Å². The Kier molecular flexibility index (Phi) is 2.65. The van der Waals surface area contributed by atoms with Crippen LogP contribution in [0.25, 0.3) is 0 Å². The number of hydrogen-bond acceptors (Lipinski definition) is 2. The van der Waals surface area contributed by atoms with Crippen molar-refractivity contribution >= 4 is 11.1 Å². The van der Waals surface area contributed by atoms with Gasteiger partial charge in [0.25, 0.3) is 0 Å². The Hall–Kier alpha value is -0.670. The summed E-state index contributed by atoms with van der Waals surface area (Å²) < 4.78 is 20.9. The summed E-state index contributed by atoms with van der Waals surface area (Å²) >= 11 is -2.08. The molecule has 1 aromatic carbocycles. The topological polar surface area (TPSA) is 40.1 Å². The SMILES string of the molecule is CC(C)(c1ccccc1)S(=O)[O-]. The molecule has 0 aliphatic carbocycles. The van der Waals surface area contributed by atoms with Crippen molar-refractivity contribution in [3.05, 3.63) is 35.9 Å².